The quantitative estimate of drug-likeness (QED) is 0.549. The predicted molar refractivity (Wildman–Crippen MR) is 121 cm³/mol. The molecule has 4 aliphatic carbocycles. The fraction of sp³-hybridized carbons (Fsp3) is 0.370. The van der Waals surface area contributed by atoms with Crippen molar-refractivity contribution in [1.29, 1.82) is 0 Å². The standard InChI is InChI=1S/C27H26N2O3/c1-15-7-6-10-22(16(15)2)28(25(30)17-8-4-3-5-9-17)14-29-26(31)23-18-11-12-19(21-13-20(18)21)24(23)27(29)32/h3-12,18-21,23-24H,13-14H2,1-2H3/t18-,19-,20-,21-,23-,24+/m0/s1. The number of carbonyl (C=O) groups excluding carboxylic acids is 3. The molecular weight excluding hydrogens is 400 g/mol. The van der Waals surface area contributed by atoms with Crippen LogP contribution in [-0.2, 0) is 9.59 Å². The molecule has 5 heteroatoms. The molecule has 0 spiro atoms. The number of amides is 3. The molecule has 162 valence electrons. The van der Waals surface area contributed by atoms with Crippen molar-refractivity contribution in [3.8, 4) is 0 Å². The van der Waals surface area contributed by atoms with Gasteiger partial charge in [-0.15, -0.1) is 0 Å². The lowest BCUT2D eigenvalue weighted by Crippen LogP contribution is -2.45. The Morgan fingerprint density at radius 3 is 2.16 bits per heavy atom. The van der Waals surface area contributed by atoms with Crippen LogP contribution in [0.2, 0.25) is 0 Å². The average Bonchev–Trinajstić information content (AvgIpc) is 3.60. The molecule has 1 heterocycles. The van der Waals surface area contributed by atoms with Crippen molar-refractivity contribution >= 4 is 23.4 Å². The molecular formula is C27H26N2O3. The van der Waals surface area contributed by atoms with Crippen molar-refractivity contribution in [1.82, 2.24) is 4.90 Å². The summed E-state index contributed by atoms with van der Waals surface area (Å²) in [6.45, 7) is 3.93. The molecule has 0 N–H and O–H groups in total. The first kappa shape index (κ1) is 19.5. The van der Waals surface area contributed by atoms with Crippen LogP contribution in [0, 0.1) is 49.4 Å². The molecule has 0 aromatic heterocycles. The van der Waals surface area contributed by atoms with Gasteiger partial charge in [0, 0.05) is 11.3 Å². The second-order valence-corrected chi connectivity index (χ2v) is 9.72. The number of hydrogen-bond donors (Lipinski definition) is 0. The van der Waals surface area contributed by atoms with Crippen LogP contribution in [0.25, 0.3) is 0 Å². The summed E-state index contributed by atoms with van der Waals surface area (Å²) in [5.74, 6) is 0.529. The summed E-state index contributed by atoms with van der Waals surface area (Å²) in [6.07, 6.45) is 5.48. The summed E-state index contributed by atoms with van der Waals surface area (Å²) in [6, 6.07) is 14.9. The normalized spacial score (nSPS) is 31.5. The highest BCUT2D eigenvalue weighted by atomic mass is 16.2. The Kier molecular flexibility index (Phi) is 4.19. The van der Waals surface area contributed by atoms with Crippen molar-refractivity contribution in [2.45, 2.75) is 20.3 Å². The lowest BCUT2D eigenvalue weighted by Gasteiger charge is -2.37. The van der Waals surface area contributed by atoms with E-state index in [1.807, 2.05) is 50.2 Å². The third-order valence-corrected chi connectivity index (χ3v) is 8.17. The monoisotopic (exact) mass is 426 g/mol. The Hall–Kier alpha value is -3.21. The SMILES string of the molecule is Cc1cccc(N(CN2C(=O)[C@@H]3[C@H]4C=C[C@@H]([C@@H]5C[C@@H]45)[C@@H]3C2=O)C(=O)c2ccccc2)c1C. The molecule has 7 rings (SSSR count). The van der Waals surface area contributed by atoms with Gasteiger partial charge in [0.15, 0.2) is 0 Å². The Morgan fingerprint density at radius 2 is 1.53 bits per heavy atom. The summed E-state index contributed by atoms with van der Waals surface area (Å²) in [4.78, 5) is 43.6. The number of carbonyl (C=O) groups is 3. The van der Waals surface area contributed by atoms with E-state index in [0.29, 0.717) is 17.4 Å². The van der Waals surface area contributed by atoms with Gasteiger partial charge < -0.3 is 0 Å². The van der Waals surface area contributed by atoms with Crippen LogP contribution < -0.4 is 4.90 Å². The Bertz CT molecular complexity index is 1130. The van der Waals surface area contributed by atoms with Gasteiger partial charge in [-0.05, 0) is 73.3 Å². The van der Waals surface area contributed by atoms with Crippen molar-refractivity contribution in [2.75, 3.05) is 11.6 Å². The van der Waals surface area contributed by atoms with E-state index < -0.39 is 0 Å². The number of hydrogen-bond acceptors (Lipinski definition) is 3. The van der Waals surface area contributed by atoms with Crippen LogP contribution in [0.15, 0.2) is 60.7 Å². The number of benzene rings is 2. The molecule has 0 unspecified atom stereocenters. The number of imide groups is 1. The third-order valence-electron chi connectivity index (χ3n) is 8.17. The lowest BCUT2D eigenvalue weighted by molar-refractivity contribution is -0.140. The molecule has 1 saturated heterocycles. The van der Waals surface area contributed by atoms with Gasteiger partial charge in [-0.3, -0.25) is 24.2 Å². The molecule has 1 aliphatic heterocycles. The van der Waals surface area contributed by atoms with E-state index in [1.165, 1.54) is 4.90 Å². The molecule has 2 saturated carbocycles. The first-order valence-electron chi connectivity index (χ1n) is 11.4. The predicted octanol–water partition coefficient (Wildman–Crippen LogP) is 3.96. The van der Waals surface area contributed by atoms with Gasteiger partial charge in [-0.25, -0.2) is 0 Å². The van der Waals surface area contributed by atoms with E-state index >= 15 is 0 Å². The second-order valence-electron chi connectivity index (χ2n) is 9.72. The van der Waals surface area contributed by atoms with Crippen molar-refractivity contribution in [3.63, 3.8) is 0 Å². The lowest BCUT2D eigenvalue weighted by atomic mass is 9.63. The van der Waals surface area contributed by atoms with Gasteiger partial charge in [0.1, 0.15) is 6.67 Å². The van der Waals surface area contributed by atoms with Crippen LogP contribution in [0.1, 0.15) is 27.9 Å². The van der Waals surface area contributed by atoms with Crippen LogP contribution >= 0.6 is 0 Å². The molecule has 6 atom stereocenters. The highest BCUT2D eigenvalue weighted by molar-refractivity contribution is 6.10. The molecule has 32 heavy (non-hydrogen) atoms. The fourth-order valence-electron chi connectivity index (χ4n) is 6.31. The number of anilines is 1. The number of nitrogens with zero attached hydrogens (tertiary/aromatic N) is 2. The Balaban J connectivity index is 1.37. The highest BCUT2D eigenvalue weighted by Crippen LogP contribution is 2.65. The van der Waals surface area contributed by atoms with Crippen molar-refractivity contribution < 1.29 is 14.4 Å². The van der Waals surface area contributed by atoms with E-state index in [0.717, 1.165) is 23.2 Å². The van der Waals surface area contributed by atoms with Gasteiger partial charge in [-0.1, -0.05) is 42.5 Å². The largest absolute Gasteiger partial charge is 0.289 e. The zero-order valence-corrected chi connectivity index (χ0v) is 18.3. The van der Waals surface area contributed by atoms with E-state index in [2.05, 4.69) is 12.2 Å². The van der Waals surface area contributed by atoms with Gasteiger partial charge in [0.25, 0.3) is 5.91 Å². The zero-order valence-electron chi connectivity index (χ0n) is 18.3. The van der Waals surface area contributed by atoms with E-state index in [4.69, 9.17) is 0 Å². The molecule has 2 aromatic rings. The fourth-order valence-corrected chi connectivity index (χ4v) is 6.31. The molecule has 2 bridgehead atoms. The summed E-state index contributed by atoms with van der Waals surface area (Å²) in [7, 11) is 0. The maximum atomic E-state index is 13.6. The summed E-state index contributed by atoms with van der Waals surface area (Å²) < 4.78 is 0. The molecule has 3 amide bonds. The summed E-state index contributed by atoms with van der Waals surface area (Å²) in [5, 5.41) is 0. The minimum Gasteiger partial charge on any atom is -0.289 e. The average molecular weight is 427 g/mol. The second kappa shape index (κ2) is 6.89. The number of likely N-dealkylation sites (tertiary alicyclic amines) is 1. The highest BCUT2D eigenvalue weighted by Gasteiger charge is 2.67. The number of allylic oxidation sites excluding steroid dienone is 2. The van der Waals surface area contributed by atoms with E-state index in [1.54, 1.807) is 17.0 Å². The number of aryl methyl sites for hydroxylation is 1. The molecule has 2 aromatic carbocycles. The van der Waals surface area contributed by atoms with Crippen LogP contribution in [0.3, 0.4) is 0 Å². The molecule has 3 fully saturated rings. The first-order chi connectivity index (χ1) is 15.5. The van der Waals surface area contributed by atoms with Gasteiger partial charge in [-0.2, -0.15) is 0 Å². The van der Waals surface area contributed by atoms with Crippen LogP contribution in [0.4, 0.5) is 5.69 Å². The molecule has 5 aliphatic rings. The number of rotatable bonds is 4. The zero-order chi connectivity index (χ0) is 22.1. The molecule has 0 radical (unpaired) electrons. The van der Waals surface area contributed by atoms with E-state index in [9.17, 15) is 14.4 Å². The van der Waals surface area contributed by atoms with Crippen molar-refractivity contribution in [3.05, 3.63) is 77.4 Å². The summed E-state index contributed by atoms with van der Waals surface area (Å²) >= 11 is 0. The minimum atomic E-state index is -0.256. The maximum Gasteiger partial charge on any atom is 0.259 e. The van der Waals surface area contributed by atoms with Crippen LogP contribution in [0.5, 0.6) is 0 Å². The van der Waals surface area contributed by atoms with Gasteiger partial charge in [0.05, 0.1) is 11.8 Å². The van der Waals surface area contributed by atoms with E-state index in [-0.39, 0.29) is 48.1 Å². The Morgan fingerprint density at radius 1 is 0.906 bits per heavy atom. The van der Waals surface area contributed by atoms with Gasteiger partial charge in [0.2, 0.25) is 11.8 Å². The van der Waals surface area contributed by atoms with Gasteiger partial charge >= 0.3 is 0 Å². The van der Waals surface area contributed by atoms with Crippen molar-refractivity contribution in [2.24, 2.45) is 35.5 Å². The first-order valence-corrected chi connectivity index (χ1v) is 11.4. The molecule has 5 nitrogen and oxygen atoms in total. The smallest absolute Gasteiger partial charge is 0.259 e. The maximum absolute atomic E-state index is 13.6. The summed E-state index contributed by atoms with van der Waals surface area (Å²) in [5.41, 5.74) is 3.30. The third kappa shape index (κ3) is 2.66. The van der Waals surface area contributed by atoms with Crippen LogP contribution in [-0.4, -0.2) is 29.3 Å². The Labute approximate surface area is 187 Å². The minimum absolute atomic E-state index is 0.0442. The topological polar surface area (TPSA) is 57.7 Å².